The first-order valence-electron chi connectivity index (χ1n) is 5.72. The van der Waals surface area contributed by atoms with Gasteiger partial charge in [0, 0.05) is 6.54 Å². The van der Waals surface area contributed by atoms with Gasteiger partial charge in [0.2, 0.25) is 0 Å². The van der Waals surface area contributed by atoms with E-state index in [1.807, 2.05) is 6.07 Å². The highest BCUT2D eigenvalue weighted by molar-refractivity contribution is 5.85. The Morgan fingerprint density at radius 1 is 0.941 bits per heavy atom. The molecule has 90 valence electrons. The van der Waals surface area contributed by atoms with Crippen molar-refractivity contribution in [2.75, 3.05) is 0 Å². The average molecular weight is 248 g/mol. The van der Waals surface area contributed by atoms with Crippen LogP contribution in [-0.4, -0.2) is 0 Å². The van der Waals surface area contributed by atoms with Gasteiger partial charge in [-0.1, -0.05) is 55.5 Å². The highest BCUT2D eigenvalue weighted by Gasteiger charge is 2.02. The third-order valence-electron chi connectivity index (χ3n) is 2.91. The van der Waals surface area contributed by atoms with Crippen LogP contribution in [0.5, 0.6) is 0 Å². The van der Waals surface area contributed by atoms with Gasteiger partial charge in [-0.25, -0.2) is 0 Å². The van der Waals surface area contributed by atoms with E-state index >= 15 is 0 Å². The first-order valence-corrected chi connectivity index (χ1v) is 5.72. The summed E-state index contributed by atoms with van der Waals surface area (Å²) in [6.45, 7) is 2.76. The third kappa shape index (κ3) is 3.09. The SMILES string of the molecule is CCc1ccc(-c2ccccc2CN)cc1.Cl. The second-order valence-corrected chi connectivity index (χ2v) is 3.91. The fourth-order valence-electron chi connectivity index (χ4n) is 1.90. The molecule has 2 heteroatoms. The first kappa shape index (κ1) is 13.8. The standard InChI is InChI=1S/C15H17N.ClH/c1-2-12-7-9-13(10-8-12)15-6-4-3-5-14(15)11-16;/h3-10H,2,11,16H2,1H3;1H. The molecule has 0 aliphatic heterocycles. The monoisotopic (exact) mass is 247 g/mol. The van der Waals surface area contributed by atoms with E-state index in [0.717, 1.165) is 6.42 Å². The predicted octanol–water partition coefficient (Wildman–Crippen LogP) is 3.80. The van der Waals surface area contributed by atoms with Crippen LogP contribution in [0, 0.1) is 0 Å². The lowest BCUT2D eigenvalue weighted by molar-refractivity contribution is 1.07. The zero-order valence-corrected chi connectivity index (χ0v) is 10.8. The van der Waals surface area contributed by atoms with E-state index in [-0.39, 0.29) is 12.4 Å². The fraction of sp³-hybridized carbons (Fsp3) is 0.200. The highest BCUT2D eigenvalue weighted by atomic mass is 35.5. The molecule has 2 aromatic carbocycles. The van der Waals surface area contributed by atoms with E-state index in [1.165, 1.54) is 22.3 Å². The Labute approximate surface area is 109 Å². The summed E-state index contributed by atoms with van der Waals surface area (Å²) >= 11 is 0. The van der Waals surface area contributed by atoms with Crippen LogP contribution >= 0.6 is 12.4 Å². The molecule has 0 saturated heterocycles. The minimum Gasteiger partial charge on any atom is -0.326 e. The van der Waals surface area contributed by atoms with Crippen LogP contribution in [0.4, 0.5) is 0 Å². The summed E-state index contributed by atoms with van der Waals surface area (Å²) in [6, 6.07) is 17.0. The Bertz CT molecular complexity index is 463. The Morgan fingerprint density at radius 2 is 1.59 bits per heavy atom. The average Bonchev–Trinajstić information content (AvgIpc) is 2.39. The molecule has 0 aliphatic rings. The molecular weight excluding hydrogens is 230 g/mol. The molecule has 0 spiro atoms. The topological polar surface area (TPSA) is 26.0 Å². The Balaban J connectivity index is 0.00000144. The van der Waals surface area contributed by atoms with Gasteiger partial charge in [-0.3, -0.25) is 0 Å². The first-order chi connectivity index (χ1) is 7.85. The number of halogens is 1. The summed E-state index contributed by atoms with van der Waals surface area (Å²) in [5.74, 6) is 0. The van der Waals surface area contributed by atoms with Gasteiger partial charge < -0.3 is 5.73 Å². The van der Waals surface area contributed by atoms with Crippen molar-refractivity contribution in [1.29, 1.82) is 0 Å². The number of benzene rings is 2. The zero-order chi connectivity index (χ0) is 11.4. The predicted molar refractivity (Wildman–Crippen MR) is 76.4 cm³/mol. The largest absolute Gasteiger partial charge is 0.326 e. The van der Waals surface area contributed by atoms with E-state index in [9.17, 15) is 0 Å². The minimum atomic E-state index is 0. The van der Waals surface area contributed by atoms with Crippen LogP contribution in [0.3, 0.4) is 0 Å². The summed E-state index contributed by atoms with van der Waals surface area (Å²) in [7, 11) is 0. The van der Waals surface area contributed by atoms with Gasteiger partial charge in [0.15, 0.2) is 0 Å². The van der Waals surface area contributed by atoms with Crippen LogP contribution in [-0.2, 0) is 13.0 Å². The van der Waals surface area contributed by atoms with Crippen molar-refractivity contribution < 1.29 is 0 Å². The molecule has 0 amide bonds. The van der Waals surface area contributed by atoms with Crippen molar-refractivity contribution in [2.24, 2.45) is 5.73 Å². The van der Waals surface area contributed by atoms with Gasteiger partial charge in [-0.2, -0.15) is 0 Å². The smallest absolute Gasteiger partial charge is 0.0184 e. The number of hydrogen-bond donors (Lipinski definition) is 1. The Kier molecular flexibility index (Phi) is 5.20. The van der Waals surface area contributed by atoms with Crippen molar-refractivity contribution in [1.82, 2.24) is 0 Å². The Hall–Kier alpha value is -1.31. The summed E-state index contributed by atoms with van der Waals surface area (Å²) in [5.41, 5.74) is 10.8. The molecule has 0 aliphatic carbocycles. The summed E-state index contributed by atoms with van der Waals surface area (Å²) in [6.07, 6.45) is 1.08. The molecule has 0 aromatic heterocycles. The number of nitrogens with two attached hydrogens (primary N) is 1. The minimum absolute atomic E-state index is 0. The molecule has 0 saturated carbocycles. The van der Waals surface area contributed by atoms with E-state index in [0.29, 0.717) is 6.54 Å². The molecular formula is C15H18ClN. The van der Waals surface area contributed by atoms with E-state index in [2.05, 4.69) is 49.4 Å². The second-order valence-electron chi connectivity index (χ2n) is 3.91. The van der Waals surface area contributed by atoms with Crippen LogP contribution in [0.25, 0.3) is 11.1 Å². The number of rotatable bonds is 3. The van der Waals surface area contributed by atoms with Gasteiger partial charge in [0.25, 0.3) is 0 Å². The quantitative estimate of drug-likeness (QED) is 0.877. The van der Waals surface area contributed by atoms with Crippen LogP contribution < -0.4 is 5.73 Å². The van der Waals surface area contributed by atoms with Crippen molar-refractivity contribution in [3.05, 3.63) is 59.7 Å². The maximum atomic E-state index is 5.74. The van der Waals surface area contributed by atoms with Gasteiger partial charge in [-0.15, -0.1) is 12.4 Å². The highest BCUT2D eigenvalue weighted by Crippen LogP contribution is 2.23. The maximum Gasteiger partial charge on any atom is 0.0184 e. The molecule has 2 aromatic rings. The van der Waals surface area contributed by atoms with Crippen molar-refractivity contribution in [3.63, 3.8) is 0 Å². The van der Waals surface area contributed by atoms with E-state index in [1.54, 1.807) is 0 Å². The molecule has 0 atom stereocenters. The number of aryl methyl sites for hydroxylation is 1. The lowest BCUT2D eigenvalue weighted by atomic mass is 9.98. The van der Waals surface area contributed by atoms with Crippen molar-refractivity contribution in [3.8, 4) is 11.1 Å². The third-order valence-corrected chi connectivity index (χ3v) is 2.91. The zero-order valence-electron chi connectivity index (χ0n) is 10.0. The molecule has 17 heavy (non-hydrogen) atoms. The molecule has 0 radical (unpaired) electrons. The van der Waals surface area contributed by atoms with Gasteiger partial charge in [0.05, 0.1) is 0 Å². The Morgan fingerprint density at radius 3 is 2.18 bits per heavy atom. The second kappa shape index (κ2) is 6.43. The molecule has 0 heterocycles. The fourth-order valence-corrected chi connectivity index (χ4v) is 1.90. The summed E-state index contributed by atoms with van der Waals surface area (Å²) in [5, 5.41) is 0. The lowest BCUT2D eigenvalue weighted by Gasteiger charge is -2.08. The molecule has 0 bridgehead atoms. The lowest BCUT2D eigenvalue weighted by Crippen LogP contribution is -1.98. The molecule has 2 N–H and O–H groups in total. The van der Waals surface area contributed by atoms with Gasteiger partial charge in [-0.05, 0) is 28.7 Å². The summed E-state index contributed by atoms with van der Waals surface area (Å²) < 4.78 is 0. The van der Waals surface area contributed by atoms with E-state index < -0.39 is 0 Å². The van der Waals surface area contributed by atoms with E-state index in [4.69, 9.17) is 5.73 Å². The molecule has 0 fully saturated rings. The maximum absolute atomic E-state index is 5.74. The van der Waals surface area contributed by atoms with Gasteiger partial charge >= 0.3 is 0 Å². The van der Waals surface area contributed by atoms with Crippen molar-refractivity contribution in [2.45, 2.75) is 19.9 Å². The molecule has 1 nitrogen and oxygen atoms in total. The molecule has 0 unspecified atom stereocenters. The van der Waals surface area contributed by atoms with Gasteiger partial charge in [0.1, 0.15) is 0 Å². The van der Waals surface area contributed by atoms with Crippen LogP contribution in [0.1, 0.15) is 18.1 Å². The normalized spacial score (nSPS) is 9.76. The molecule has 2 rings (SSSR count). The van der Waals surface area contributed by atoms with Crippen LogP contribution in [0.2, 0.25) is 0 Å². The van der Waals surface area contributed by atoms with Crippen molar-refractivity contribution >= 4 is 12.4 Å². The van der Waals surface area contributed by atoms with Crippen LogP contribution in [0.15, 0.2) is 48.5 Å². The number of hydrogen-bond acceptors (Lipinski definition) is 1. The summed E-state index contributed by atoms with van der Waals surface area (Å²) in [4.78, 5) is 0.